The van der Waals surface area contributed by atoms with E-state index in [1.54, 1.807) is 22.6 Å². The second-order valence-corrected chi connectivity index (χ2v) is 4.79. The zero-order valence-corrected chi connectivity index (χ0v) is 12.7. The van der Waals surface area contributed by atoms with Gasteiger partial charge in [-0.05, 0) is 34.7 Å². The van der Waals surface area contributed by atoms with Gasteiger partial charge in [0.1, 0.15) is 11.6 Å². The van der Waals surface area contributed by atoms with Crippen LogP contribution in [0.25, 0.3) is 0 Å². The van der Waals surface area contributed by atoms with E-state index >= 15 is 0 Å². The minimum absolute atomic E-state index is 0.0619. The molecule has 7 nitrogen and oxygen atoms in total. The lowest BCUT2D eigenvalue weighted by molar-refractivity contribution is 0.0586. The van der Waals surface area contributed by atoms with Gasteiger partial charge in [0.25, 0.3) is 0 Å². The molecule has 2 rings (SSSR count). The Morgan fingerprint density at radius 2 is 1.90 bits per heavy atom. The molecule has 0 amide bonds. The van der Waals surface area contributed by atoms with Crippen molar-refractivity contribution in [3.05, 3.63) is 33.2 Å². The van der Waals surface area contributed by atoms with Crippen LogP contribution in [0.1, 0.15) is 10.6 Å². The first kappa shape index (κ1) is 15.3. The van der Waals surface area contributed by atoms with Crippen LogP contribution >= 0.6 is 22.6 Å². The van der Waals surface area contributed by atoms with Gasteiger partial charge in [0, 0.05) is 5.69 Å². The molecule has 0 unspecified atom stereocenters. The molecular formula is C11H8F2IN5O2. The zero-order chi connectivity index (χ0) is 15.6. The molecule has 0 bridgehead atoms. The largest absolute Gasteiger partial charge is 0.463 e. The number of hydrogen-bond donors (Lipinski definition) is 2. The normalized spacial score (nSPS) is 10.3. The molecule has 10 heteroatoms. The molecule has 0 spiro atoms. The monoisotopic (exact) mass is 407 g/mol. The van der Waals surface area contributed by atoms with Crippen molar-refractivity contribution in [2.75, 3.05) is 18.2 Å². The van der Waals surface area contributed by atoms with Crippen LogP contribution in [-0.4, -0.2) is 28.0 Å². The van der Waals surface area contributed by atoms with Crippen LogP contribution in [0.15, 0.2) is 12.1 Å². The molecule has 0 atom stereocenters. The van der Waals surface area contributed by atoms with Gasteiger partial charge in [-0.15, -0.1) is 0 Å². The molecule has 1 heterocycles. The summed E-state index contributed by atoms with van der Waals surface area (Å²) < 4.78 is 31.2. The minimum atomic E-state index is -0.813. The van der Waals surface area contributed by atoms with E-state index in [-0.39, 0.29) is 27.0 Å². The molecular weight excluding hydrogens is 399 g/mol. The number of methoxy groups -OCH3 is 1. The number of anilines is 3. The van der Waals surface area contributed by atoms with Crippen LogP contribution < -0.4 is 11.1 Å². The standard InChI is InChI=1S/C11H8F2IN5O2/c1-21-9(20)8-17-10(15)19-11(18-8)16-4-2-5(12)7(14)6(13)3-4/h2-3H,1H3,(H3,15,16,17,18,19). The van der Waals surface area contributed by atoms with Gasteiger partial charge in [-0.1, -0.05) is 0 Å². The van der Waals surface area contributed by atoms with E-state index in [2.05, 4.69) is 25.0 Å². The average Bonchev–Trinajstić information content (AvgIpc) is 2.43. The number of nitrogens with two attached hydrogens (primary N) is 1. The number of carbonyl (C=O) groups excluding carboxylic acids is 1. The number of rotatable bonds is 3. The van der Waals surface area contributed by atoms with E-state index < -0.39 is 17.6 Å². The number of aromatic nitrogens is 3. The summed E-state index contributed by atoms with van der Waals surface area (Å²) in [4.78, 5) is 22.4. The number of carbonyl (C=O) groups is 1. The molecule has 0 fully saturated rings. The van der Waals surface area contributed by atoms with Gasteiger partial charge in [-0.25, -0.2) is 13.6 Å². The van der Waals surface area contributed by atoms with Crippen molar-refractivity contribution in [3.63, 3.8) is 0 Å². The summed E-state index contributed by atoms with van der Waals surface area (Å²) >= 11 is 1.54. The molecule has 0 saturated carbocycles. The van der Waals surface area contributed by atoms with Crippen molar-refractivity contribution >= 4 is 46.1 Å². The first-order valence-electron chi connectivity index (χ1n) is 5.42. The zero-order valence-electron chi connectivity index (χ0n) is 10.5. The number of ether oxygens (including phenoxy) is 1. The van der Waals surface area contributed by atoms with Crippen molar-refractivity contribution in [1.29, 1.82) is 0 Å². The van der Waals surface area contributed by atoms with Crippen molar-refractivity contribution < 1.29 is 18.3 Å². The molecule has 110 valence electrons. The van der Waals surface area contributed by atoms with Crippen LogP contribution in [0.2, 0.25) is 0 Å². The Morgan fingerprint density at radius 1 is 1.29 bits per heavy atom. The number of halogens is 3. The summed E-state index contributed by atoms with van der Waals surface area (Å²) in [6.07, 6.45) is 0. The summed E-state index contributed by atoms with van der Waals surface area (Å²) in [6, 6.07) is 2.12. The molecule has 1 aromatic carbocycles. The predicted molar refractivity (Wildman–Crippen MR) is 77.9 cm³/mol. The Kier molecular flexibility index (Phi) is 4.45. The smallest absolute Gasteiger partial charge is 0.376 e. The summed E-state index contributed by atoms with van der Waals surface area (Å²) in [5, 5.41) is 2.54. The highest BCUT2D eigenvalue weighted by Crippen LogP contribution is 2.22. The van der Waals surface area contributed by atoms with E-state index in [4.69, 9.17) is 5.73 Å². The van der Waals surface area contributed by atoms with Gasteiger partial charge >= 0.3 is 5.97 Å². The van der Waals surface area contributed by atoms with Crippen molar-refractivity contribution in [2.24, 2.45) is 0 Å². The maximum absolute atomic E-state index is 13.4. The molecule has 1 aromatic heterocycles. The predicted octanol–water partition coefficient (Wildman–Crippen LogP) is 1.87. The van der Waals surface area contributed by atoms with Crippen molar-refractivity contribution in [2.45, 2.75) is 0 Å². The number of benzene rings is 1. The molecule has 0 aliphatic heterocycles. The van der Waals surface area contributed by atoms with E-state index in [9.17, 15) is 13.6 Å². The number of nitrogens with one attached hydrogen (secondary N) is 1. The summed E-state index contributed by atoms with van der Waals surface area (Å²) in [7, 11) is 1.15. The summed E-state index contributed by atoms with van der Waals surface area (Å²) in [5.41, 5.74) is 5.49. The lowest BCUT2D eigenvalue weighted by Gasteiger charge is -2.07. The fourth-order valence-electron chi connectivity index (χ4n) is 1.39. The van der Waals surface area contributed by atoms with Gasteiger partial charge in [0.15, 0.2) is 0 Å². The minimum Gasteiger partial charge on any atom is -0.463 e. The topological polar surface area (TPSA) is 103 Å². The second-order valence-electron chi connectivity index (χ2n) is 3.71. The molecule has 0 radical (unpaired) electrons. The fourth-order valence-corrected chi connectivity index (χ4v) is 1.70. The van der Waals surface area contributed by atoms with Gasteiger partial charge in [-0.3, -0.25) is 0 Å². The van der Waals surface area contributed by atoms with Crippen LogP contribution in [0.5, 0.6) is 0 Å². The molecule has 0 saturated heterocycles. The molecule has 0 aliphatic carbocycles. The third kappa shape index (κ3) is 3.51. The number of nitrogen functional groups attached to an aromatic ring is 1. The second kappa shape index (κ2) is 6.11. The van der Waals surface area contributed by atoms with Crippen LogP contribution in [0, 0.1) is 15.2 Å². The number of nitrogens with zero attached hydrogens (tertiary/aromatic N) is 3. The van der Waals surface area contributed by atoms with Gasteiger partial charge in [0.05, 0.1) is 10.7 Å². The molecule has 2 aromatic rings. The fraction of sp³-hybridized carbons (Fsp3) is 0.0909. The number of esters is 1. The molecule has 3 N–H and O–H groups in total. The van der Waals surface area contributed by atoms with Crippen molar-refractivity contribution in [3.8, 4) is 0 Å². The van der Waals surface area contributed by atoms with E-state index in [0.29, 0.717) is 0 Å². The Balaban J connectivity index is 2.35. The van der Waals surface area contributed by atoms with Gasteiger partial charge in [-0.2, -0.15) is 15.0 Å². The highest BCUT2D eigenvalue weighted by Gasteiger charge is 2.14. The van der Waals surface area contributed by atoms with Crippen LogP contribution in [-0.2, 0) is 4.74 Å². The van der Waals surface area contributed by atoms with Crippen molar-refractivity contribution in [1.82, 2.24) is 15.0 Å². The van der Waals surface area contributed by atoms with E-state index in [1.807, 2.05) is 0 Å². The number of hydrogen-bond acceptors (Lipinski definition) is 7. The summed E-state index contributed by atoms with van der Waals surface area (Å²) in [6.45, 7) is 0. The highest BCUT2D eigenvalue weighted by atomic mass is 127. The Labute approximate surface area is 131 Å². The Morgan fingerprint density at radius 3 is 2.48 bits per heavy atom. The third-order valence-corrected chi connectivity index (χ3v) is 3.29. The average molecular weight is 407 g/mol. The Hall–Kier alpha value is -2.11. The van der Waals surface area contributed by atoms with Crippen LogP contribution in [0.4, 0.5) is 26.4 Å². The first-order valence-corrected chi connectivity index (χ1v) is 6.50. The highest BCUT2D eigenvalue weighted by molar-refractivity contribution is 14.1. The maximum atomic E-state index is 13.4. The third-order valence-electron chi connectivity index (χ3n) is 2.26. The quantitative estimate of drug-likeness (QED) is 0.455. The van der Waals surface area contributed by atoms with E-state index in [0.717, 1.165) is 19.2 Å². The van der Waals surface area contributed by atoms with Gasteiger partial charge in [0.2, 0.25) is 17.7 Å². The van der Waals surface area contributed by atoms with Gasteiger partial charge < -0.3 is 15.8 Å². The van der Waals surface area contributed by atoms with Crippen LogP contribution in [0.3, 0.4) is 0 Å². The SMILES string of the molecule is COC(=O)c1nc(N)nc(Nc2cc(F)c(I)c(F)c2)n1. The Bertz CT molecular complexity index is 690. The lowest BCUT2D eigenvalue weighted by Crippen LogP contribution is -2.13. The first-order chi connectivity index (χ1) is 9.90. The van der Waals surface area contributed by atoms with E-state index in [1.165, 1.54) is 0 Å². The maximum Gasteiger partial charge on any atom is 0.376 e. The lowest BCUT2D eigenvalue weighted by atomic mass is 10.3. The molecule has 0 aliphatic rings. The molecule has 21 heavy (non-hydrogen) atoms. The summed E-state index contributed by atoms with van der Waals surface area (Å²) in [5.74, 6) is -2.99.